The van der Waals surface area contributed by atoms with Crippen LogP contribution in [0.4, 0.5) is 5.69 Å². The smallest absolute Gasteiger partial charge is 0.315 e. The fourth-order valence-corrected chi connectivity index (χ4v) is 3.59. The molecule has 0 bridgehead atoms. The van der Waals surface area contributed by atoms with Gasteiger partial charge in [0.2, 0.25) is 0 Å². The van der Waals surface area contributed by atoms with Crippen LogP contribution in [0.2, 0.25) is 0 Å². The molecule has 0 unspecified atom stereocenters. The Bertz CT molecular complexity index is 1160. The first-order chi connectivity index (χ1) is 14.1. The highest BCUT2D eigenvalue weighted by Crippen LogP contribution is 2.30. The first kappa shape index (κ1) is 19.0. The van der Waals surface area contributed by atoms with Gasteiger partial charge in [-0.3, -0.25) is 4.79 Å². The maximum atomic E-state index is 12.2. The Labute approximate surface area is 177 Å². The van der Waals surface area contributed by atoms with Gasteiger partial charge >= 0.3 is 5.97 Å². The molecule has 144 valence electrons. The van der Waals surface area contributed by atoms with E-state index in [0.29, 0.717) is 0 Å². The molecule has 1 atom stereocenters. The van der Waals surface area contributed by atoms with Crippen LogP contribution in [0.3, 0.4) is 0 Å². The highest BCUT2D eigenvalue weighted by molar-refractivity contribution is 9.10. The second-order valence-electron chi connectivity index (χ2n) is 6.68. The van der Waals surface area contributed by atoms with Crippen LogP contribution in [-0.4, -0.2) is 16.1 Å². The zero-order valence-corrected chi connectivity index (χ0v) is 17.1. The number of carboxylic acid groups (broad SMARTS) is 1. The van der Waals surface area contributed by atoms with E-state index in [-0.39, 0.29) is 0 Å². The summed E-state index contributed by atoms with van der Waals surface area (Å²) < 4.78 is 0.982. The molecule has 4 rings (SSSR count). The van der Waals surface area contributed by atoms with Crippen LogP contribution < -0.4 is 5.32 Å². The number of carbonyl (C=O) groups is 1. The molecule has 0 aliphatic rings. The Kier molecular flexibility index (Phi) is 5.49. The molecule has 5 heteroatoms. The van der Waals surface area contributed by atoms with Crippen molar-refractivity contribution in [2.45, 2.75) is 5.92 Å². The van der Waals surface area contributed by atoms with E-state index in [2.05, 4.69) is 26.2 Å². The third kappa shape index (κ3) is 4.25. The number of hydrogen-bond donors (Lipinski definition) is 3. The van der Waals surface area contributed by atoms with E-state index < -0.39 is 11.9 Å². The van der Waals surface area contributed by atoms with Gasteiger partial charge in [0.05, 0.1) is 0 Å². The average Bonchev–Trinajstić information content (AvgIpc) is 3.17. The molecule has 4 nitrogen and oxygen atoms in total. The van der Waals surface area contributed by atoms with Gasteiger partial charge in [-0.2, -0.15) is 0 Å². The van der Waals surface area contributed by atoms with E-state index in [1.54, 1.807) is 12.3 Å². The summed E-state index contributed by atoms with van der Waals surface area (Å²) in [5.41, 5.74) is 4.20. The molecule has 0 aliphatic carbocycles. The van der Waals surface area contributed by atoms with Crippen LogP contribution in [0.1, 0.15) is 17.0 Å². The topological polar surface area (TPSA) is 65.1 Å². The molecule has 1 aromatic heterocycles. The van der Waals surface area contributed by atoms with Crippen LogP contribution in [-0.2, 0) is 4.79 Å². The van der Waals surface area contributed by atoms with Gasteiger partial charge in [-0.1, -0.05) is 64.5 Å². The predicted molar refractivity (Wildman–Crippen MR) is 121 cm³/mol. The minimum absolute atomic E-state index is 0.735. The standard InChI is InChI=1S/C24H19BrN2O2/c25-17-10-12-18(13-11-17)27-23(16-6-2-1-3-7-16)14-20(24(28)29)21-15-26-22-9-5-4-8-19(21)22/h1-15,20,26-27H,(H,28,29)/b23-14-/t20-/m1/s1. The molecular formula is C24H19BrN2O2. The number of benzene rings is 3. The van der Waals surface area contributed by atoms with E-state index >= 15 is 0 Å². The fraction of sp³-hybridized carbons (Fsp3) is 0.0417. The lowest BCUT2D eigenvalue weighted by Gasteiger charge is -2.15. The first-order valence-electron chi connectivity index (χ1n) is 9.20. The van der Waals surface area contributed by atoms with Crippen molar-refractivity contribution in [3.05, 3.63) is 107 Å². The number of halogens is 1. The number of rotatable bonds is 6. The van der Waals surface area contributed by atoms with Crippen LogP contribution in [0, 0.1) is 0 Å². The number of H-pyrrole nitrogens is 1. The average molecular weight is 447 g/mol. The van der Waals surface area contributed by atoms with Crippen LogP contribution in [0.5, 0.6) is 0 Å². The van der Waals surface area contributed by atoms with Crippen LogP contribution in [0.15, 0.2) is 95.6 Å². The van der Waals surface area contributed by atoms with Gasteiger partial charge in [0.25, 0.3) is 0 Å². The van der Waals surface area contributed by atoms with Gasteiger partial charge in [-0.15, -0.1) is 0 Å². The molecule has 0 saturated carbocycles. The van der Waals surface area contributed by atoms with Crippen molar-refractivity contribution in [3.63, 3.8) is 0 Å². The molecule has 1 heterocycles. The highest BCUT2D eigenvalue weighted by atomic mass is 79.9. The lowest BCUT2D eigenvalue weighted by atomic mass is 9.96. The number of hydrogen-bond acceptors (Lipinski definition) is 2. The van der Waals surface area contributed by atoms with Crippen molar-refractivity contribution in [2.75, 3.05) is 5.32 Å². The number of carboxylic acids is 1. The van der Waals surface area contributed by atoms with E-state index in [0.717, 1.165) is 37.9 Å². The number of aliphatic carboxylic acids is 1. The van der Waals surface area contributed by atoms with Crippen molar-refractivity contribution >= 4 is 44.2 Å². The Hall–Kier alpha value is -3.31. The van der Waals surface area contributed by atoms with Crippen molar-refractivity contribution < 1.29 is 9.90 Å². The lowest BCUT2D eigenvalue weighted by Crippen LogP contribution is -2.11. The summed E-state index contributed by atoms with van der Waals surface area (Å²) in [5, 5.41) is 14.3. The first-order valence-corrected chi connectivity index (χ1v) is 10.00. The number of para-hydroxylation sites is 1. The number of fused-ring (bicyclic) bond motifs is 1. The number of aromatic amines is 1. The van der Waals surface area contributed by atoms with E-state index in [4.69, 9.17) is 0 Å². The maximum Gasteiger partial charge on any atom is 0.315 e. The van der Waals surface area contributed by atoms with Gasteiger partial charge in [0.15, 0.2) is 0 Å². The van der Waals surface area contributed by atoms with E-state index in [9.17, 15) is 9.90 Å². The van der Waals surface area contributed by atoms with Crippen LogP contribution >= 0.6 is 15.9 Å². The summed E-state index contributed by atoms with van der Waals surface area (Å²) in [7, 11) is 0. The lowest BCUT2D eigenvalue weighted by molar-refractivity contribution is -0.137. The molecule has 0 fully saturated rings. The normalized spacial score (nSPS) is 12.7. The SMILES string of the molecule is O=C(O)[C@H](/C=C(\Nc1ccc(Br)cc1)c1ccccc1)c1c[nH]c2ccccc12. The summed E-state index contributed by atoms with van der Waals surface area (Å²) in [6, 6.07) is 25.3. The number of aromatic nitrogens is 1. The minimum Gasteiger partial charge on any atom is -0.481 e. The van der Waals surface area contributed by atoms with Crippen molar-refractivity contribution in [1.82, 2.24) is 4.98 Å². The second-order valence-corrected chi connectivity index (χ2v) is 7.60. The Morgan fingerprint density at radius 2 is 1.66 bits per heavy atom. The van der Waals surface area contributed by atoms with E-state index in [1.807, 2.05) is 78.9 Å². The molecule has 3 N–H and O–H groups in total. The molecule has 3 aromatic carbocycles. The molecule has 0 amide bonds. The molecular weight excluding hydrogens is 428 g/mol. The summed E-state index contributed by atoms with van der Waals surface area (Å²) >= 11 is 3.44. The predicted octanol–water partition coefficient (Wildman–Crippen LogP) is 6.25. The second kappa shape index (κ2) is 8.37. The van der Waals surface area contributed by atoms with Gasteiger partial charge in [-0.25, -0.2) is 0 Å². The van der Waals surface area contributed by atoms with Crippen molar-refractivity contribution in [2.24, 2.45) is 0 Å². The maximum absolute atomic E-state index is 12.2. The Balaban J connectivity index is 1.80. The minimum atomic E-state index is -0.902. The van der Waals surface area contributed by atoms with Gasteiger partial charge < -0.3 is 15.4 Å². The van der Waals surface area contributed by atoms with Crippen molar-refractivity contribution in [3.8, 4) is 0 Å². The summed E-state index contributed by atoms with van der Waals surface area (Å²) in [5.74, 6) is -1.70. The molecule has 0 radical (unpaired) electrons. The largest absolute Gasteiger partial charge is 0.481 e. The summed E-state index contributed by atoms with van der Waals surface area (Å²) in [6.07, 6.45) is 3.55. The van der Waals surface area contributed by atoms with Crippen LogP contribution in [0.25, 0.3) is 16.6 Å². The summed E-state index contributed by atoms with van der Waals surface area (Å²) in [6.45, 7) is 0. The molecule has 0 aliphatic heterocycles. The molecule has 29 heavy (non-hydrogen) atoms. The Morgan fingerprint density at radius 1 is 0.966 bits per heavy atom. The van der Waals surface area contributed by atoms with Crippen molar-refractivity contribution in [1.29, 1.82) is 0 Å². The van der Waals surface area contributed by atoms with Gasteiger partial charge in [0.1, 0.15) is 5.92 Å². The van der Waals surface area contributed by atoms with E-state index in [1.165, 1.54) is 0 Å². The van der Waals surface area contributed by atoms with Gasteiger partial charge in [0, 0.05) is 33.0 Å². The van der Waals surface area contributed by atoms with Gasteiger partial charge in [-0.05, 0) is 47.5 Å². The number of nitrogens with one attached hydrogen (secondary N) is 2. The zero-order chi connectivity index (χ0) is 20.2. The third-order valence-electron chi connectivity index (χ3n) is 4.76. The molecule has 4 aromatic rings. The quantitative estimate of drug-likeness (QED) is 0.327. The monoisotopic (exact) mass is 446 g/mol. The third-order valence-corrected chi connectivity index (χ3v) is 5.29. The zero-order valence-electron chi connectivity index (χ0n) is 15.5. The summed E-state index contributed by atoms with van der Waals surface area (Å²) in [4.78, 5) is 15.4. The Morgan fingerprint density at radius 3 is 2.38 bits per heavy atom. The molecule has 0 spiro atoms. The molecule has 0 saturated heterocycles. The highest BCUT2D eigenvalue weighted by Gasteiger charge is 2.22. The fourth-order valence-electron chi connectivity index (χ4n) is 3.33. The number of anilines is 1.